The topological polar surface area (TPSA) is 60.2 Å². The second-order valence-electron chi connectivity index (χ2n) is 4.12. The first kappa shape index (κ1) is 13.0. The molecule has 0 bridgehead atoms. The highest BCUT2D eigenvalue weighted by Gasteiger charge is 2.21. The van der Waals surface area contributed by atoms with Crippen molar-refractivity contribution >= 4 is 32.8 Å². The summed E-state index contributed by atoms with van der Waals surface area (Å²) in [5.41, 5.74) is 5.27. The van der Waals surface area contributed by atoms with Gasteiger partial charge < -0.3 is 5.73 Å². The van der Waals surface area contributed by atoms with Crippen LogP contribution in [0.2, 0.25) is 4.34 Å². The van der Waals surface area contributed by atoms with E-state index in [0.29, 0.717) is 15.0 Å². The molecule has 2 N–H and O–H groups in total. The Labute approximate surface area is 99.2 Å². The Balaban J connectivity index is 2.77. The van der Waals surface area contributed by atoms with Gasteiger partial charge in [-0.05, 0) is 32.4 Å². The van der Waals surface area contributed by atoms with Gasteiger partial charge in [0, 0.05) is 5.54 Å². The van der Waals surface area contributed by atoms with Gasteiger partial charge in [0.15, 0.2) is 9.84 Å². The van der Waals surface area contributed by atoms with Crippen LogP contribution in [0, 0.1) is 0 Å². The molecule has 0 aliphatic heterocycles. The molecular formula is C9H14ClNO2S2. The molecule has 0 spiro atoms. The molecule has 0 saturated heterocycles. The minimum atomic E-state index is -3.22. The Morgan fingerprint density at radius 3 is 2.47 bits per heavy atom. The first-order valence-corrected chi connectivity index (χ1v) is 7.32. The minimum Gasteiger partial charge on any atom is -0.326 e. The number of thiophene rings is 1. The average molecular weight is 268 g/mol. The summed E-state index contributed by atoms with van der Waals surface area (Å²) in [4.78, 5) is 0. The maximum absolute atomic E-state index is 11.8. The molecule has 6 heteroatoms. The van der Waals surface area contributed by atoms with Gasteiger partial charge in [-0.2, -0.15) is 0 Å². The normalized spacial score (nSPS) is 13.1. The van der Waals surface area contributed by atoms with Crippen molar-refractivity contribution in [3.05, 3.63) is 16.5 Å². The van der Waals surface area contributed by atoms with Gasteiger partial charge in [-0.3, -0.25) is 0 Å². The van der Waals surface area contributed by atoms with E-state index in [1.165, 1.54) is 6.07 Å². The molecule has 0 unspecified atom stereocenters. The number of hydrogen-bond donors (Lipinski definition) is 1. The molecule has 3 nitrogen and oxygen atoms in total. The van der Waals surface area contributed by atoms with Crippen LogP contribution in [-0.2, 0) is 9.84 Å². The van der Waals surface area contributed by atoms with Crippen LogP contribution >= 0.6 is 22.9 Å². The standard InChI is InChI=1S/C9H14ClNO2S2/c1-9(2,11)5-6-15(12,13)8-4-3-7(10)14-8/h3-4H,5-6,11H2,1-2H3. The Hall–Kier alpha value is -0.100. The third-order valence-corrected chi connectivity index (χ3v) is 5.40. The van der Waals surface area contributed by atoms with E-state index in [4.69, 9.17) is 17.3 Å². The Kier molecular flexibility index (Phi) is 3.81. The van der Waals surface area contributed by atoms with E-state index in [-0.39, 0.29) is 5.75 Å². The van der Waals surface area contributed by atoms with Crippen LogP contribution in [-0.4, -0.2) is 19.7 Å². The van der Waals surface area contributed by atoms with Gasteiger partial charge in [0.1, 0.15) is 4.21 Å². The lowest BCUT2D eigenvalue weighted by Gasteiger charge is -2.17. The summed E-state index contributed by atoms with van der Waals surface area (Å²) in [5, 5.41) is 0. The number of halogens is 1. The van der Waals surface area contributed by atoms with Crippen LogP contribution in [0.1, 0.15) is 20.3 Å². The summed E-state index contributed by atoms with van der Waals surface area (Å²) < 4.78 is 24.4. The fourth-order valence-electron chi connectivity index (χ4n) is 0.963. The van der Waals surface area contributed by atoms with Crippen LogP contribution in [0.25, 0.3) is 0 Å². The molecular weight excluding hydrogens is 254 g/mol. The summed E-state index contributed by atoms with van der Waals surface area (Å²) >= 11 is 6.77. The van der Waals surface area contributed by atoms with Gasteiger partial charge in [-0.25, -0.2) is 8.42 Å². The van der Waals surface area contributed by atoms with Crippen molar-refractivity contribution in [3.8, 4) is 0 Å². The van der Waals surface area contributed by atoms with Crippen molar-refractivity contribution in [2.75, 3.05) is 5.75 Å². The maximum Gasteiger partial charge on any atom is 0.187 e. The summed E-state index contributed by atoms with van der Waals surface area (Å²) in [5.74, 6) is 0.0628. The SMILES string of the molecule is CC(C)(N)CCS(=O)(=O)c1ccc(Cl)s1. The van der Waals surface area contributed by atoms with Crippen molar-refractivity contribution in [1.29, 1.82) is 0 Å². The van der Waals surface area contributed by atoms with E-state index in [1.807, 2.05) is 13.8 Å². The van der Waals surface area contributed by atoms with E-state index in [0.717, 1.165) is 11.3 Å². The van der Waals surface area contributed by atoms with Gasteiger partial charge in [0.25, 0.3) is 0 Å². The van der Waals surface area contributed by atoms with Gasteiger partial charge in [0.2, 0.25) is 0 Å². The Morgan fingerprint density at radius 2 is 2.07 bits per heavy atom. The molecule has 0 fully saturated rings. The zero-order valence-corrected chi connectivity index (χ0v) is 11.0. The van der Waals surface area contributed by atoms with Crippen molar-refractivity contribution in [2.45, 2.75) is 30.0 Å². The number of rotatable bonds is 4. The lowest BCUT2D eigenvalue weighted by atomic mass is 10.0. The number of nitrogens with two attached hydrogens (primary N) is 1. The fourth-order valence-corrected chi connectivity index (χ4v) is 4.18. The second kappa shape index (κ2) is 4.41. The summed E-state index contributed by atoms with van der Waals surface area (Å²) in [6.45, 7) is 3.62. The van der Waals surface area contributed by atoms with Gasteiger partial charge in [-0.1, -0.05) is 11.6 Å². The zero-order chi connectivity index (χ0) is 11.7. The molecule has 0 aromatic carbocycles. The number of sulfone groups is 1. The largest absolute Gasteiger partial charge is 0.326 e. The Morgan fingerprint density at radius 1 is 1.47 bits per heavy atom. The predicted octanol–water partition coefficient (Wildman–Crippen LogP) is 2.30. The first-order chi connectivity index (χ1) is 6.71. The van der Waals surface area contributed by atoms with E-state index in [1.54, 1.807) is 6.07 Å². The van der Waals surface area contributed by atoms with Gasteiger partial charge in [-0.15, -0.1) is 11.3 Å². The summed E-state index contributed by atoms with van der Waals surface area (Å²) in [6.07, 6.45) is 0.435. The molecule has 0 atom stereocenters. The summed E-state index contributed by atoms with van der Waals surface area (Å²) in [7, 11) is -3.22. The molecule has 1 aromatic rings. The minimum absolute atomic E-state index is 0.0628. The molecule has 1 aromatic heterocycles. The molecule has 0 amide bonds. The highest BCUT2D eigenvalue weighted by Crippen LogP contribution is 2.27. The van der Waals surface area contributed by atoms with Crippen molar-refractivity contribution in [3.63, 3.8) is 0 Å². The van der Waals surface area contributed by atoms with E-state index >= 15 is 0 Å². The lowest BCUT2D eigenvalue weighted by molar-refractivity contribution is 0.496. The van der Waals surface area contributed by atoms with Gasteiger partial charge in [0.05, 0.1) is 10.1 Å². The average Bonchev–Trinajstić information content (AvgIpc) is 2.48. The predicted molar refractivity (Wildman–Crippen MR) is 64.3 cm³/mol. The molecule has 0 radical (unpaired) electrons. The first-order valence-electron chi connectivity index (χ1n) is 4.48. The van der Waals surface area contributed by atoms with Crippen LogP contribution in [0.4, 0.5) is 0 Å². The highest BCUT2D eigenvalue weighted by atomic mass is 35.5. The molecule has 1 rings (SSSR count). The van der Waals surface area contributed by atoms with Crippen molar-refractivity contribution in [1.82, 2.24) is 0 Å². The molecule has 0 aliphatic carbocycles. The van der Waals surface area contributed by atoms with Crippen LogP contribution < -0.4 is 5.73 Å². The van der Waals surface area contributed by atoms with Crippen LogP contribution in [0.3, 0.4) is 0 Å². The third kappa shape index (κ3) is 4.10. The van der Waals surface area contributed by atoms with Crippen molar-refractivity contribution < 1.29 is 8.42 Å². The Bertz CT molecular complexity index is 431. The molecule has 86 valence electrons. The maximum atomic E-state index is 11.8. The summed E-state index contributed by atoms with van der Waals surface area (Å²) in [6, 6.07) is 3.12. The lowest BCUT2D eigenvalue weighted by Crippen LogP contribution is -2.34. The highest BCUT2D eigenvalue weighted by molar-refractivity contribution is 7.93. The van der Waals surface area contributed by atoms with Crippen LogP contribution in [0.15, 0.2) is 16.3 Å². The van der Waals surface area contributed by atoms with Crippen molar-refractivity contribution in [2.24, 2.45) is 5.73 Å². The third-order valence-electron chi connectivity index (χ3n) is 1.87. The van der Waals surface area contributed by atoms with E-state index in [2.05, 4.69) is 0 Å². The van der Waals surface area contributed by atoms with Gasteiger partial charge >= 0.3 is 0 Å². The van der Waals surface area contributed by atoms with Crippen LogP contribution in [0.5, 0.6) is 0 Å². The molecule has 1 heterocycles. The second-order valence-corrected chi connectivity index (χ2v) is 8.17. The molecule has 15 heavy (non-hydrogen) atoms. The fraction of sp³-hybridized carbons (Fsp3) is 0.556. The quantitative estimate of drug-likeness (QED) is 0.911. The molecule has 0 aliphatic rings. The number of hydrogen-bond acceptors (Lipinski definition) is 4. The van der Waals surface area contributed by atoms with E-state index < -0.39 is 15.4 Å². The zero-order valence-electron chi connectivity index (χ0n) is 8.66. The monoisotopic (exact) mass is 267 g/mol. The van der Waals surface area contributed by atoms with E-state index in [9.17, 15) is 8.42 Å². The smallest absolute Gasteiger partial charge is 0.187 e. The molecule has 0 saturated carbocycles.